The van der Waals surface area contributed by atoms with Gasteiger partial charge in [-0.2, -0.15) is 0 Å². The first kappa shape index (κ1) is 18.3. The van der Waals surface area contributed by atoms with Crippen molar-refractivity contribution in [2.24, 2.45) is 11.8 Å². The van der Waals surface area contributed by atoms with Gasteiger partial charge in [-0.15, -0.1) is 0 Å². The zero-order valence-electron chi connectivity index (χ0n) is 15.0. The number of nitrogens with zero attached hydrogens (tertiary/aromatic N) is 1. The predicted molar refractivity (Wildman–Crippen MR) is 89.9 cm³/mol. The fourth-order valence-electron chi connectivity index (χ4n) is 4.06. The van der Waals surface area contributed by atoms with Crippen LogP contribution in [0.15, 0.2) is 36.4 Å². The van der Waals surface area contributed by atoms with Crippen LogP contribution in [0.25, 0.3) is 0 Å². The normalized spacial score (nSPS) is 30.1. The van der Waals surface area contributed by atoms with Crippen LogP contribution in [0.5, 0.6) is 0 Å². The Hall–Kier alpha value is -3.07. The fraction of sp³-hybridized carbons (Fsp3) is 0.368. The lowest BCUT2D eigenvalue weighted by Crippen LogP contribution is -2.52. The van der Waals surface area contributed by atoms with Crippen molar-refractivity contribution in [1.29, 1.82) is 0 Å². The van der Waals surface area contributed by atoms with E-state index >= 15 is 0 Å². The standard InChI is InChI=1S/C19H16FNO7/c1-9(22)26-18(27-10(2)23)19-8-7-13(28-19)14-15(19)17(25)21(16(14)24)12-5-3-11(20)4-6-12/h3-8,13-15,18H,1-2H3/t13-,14-,15-,19-/m1/s1. The van der Waals surface area contributed by atoms with E-state index in [9.17, 15) is 23.6 Å². The molecule has 146 valence electrons. The lowest BCUT2D eigenvalue weighted by Gasteiger charge is -2.34. The third-order valence-electron chi connectivity index (χ3n) is 5.08. The van der Waals surface area contributed by atoms with Gasteiger partial charge in [-0.3, -0.25) is 19.2 Å². The first-order valence-electron chi connectivity index (χ1n) is 8.59. The van der Waals surface area contributed by atoms with Crippen molar-refractivity contribution in [2.45, 2.75) is 31.8 Å². The Balaban J connectivity index is 1.74. The van der Waals surface area contributed by atoms with Crippen LogP contribution in [0.3, 0.4) is 0 Å². The van der Waals surface area contributed by atoms with E-state index in [1.54, 1.807) is 6.08 Å². The molecule has 0 unspecified atom stereocenters. The maximum Gasteiger partial charge on any atom is 0.305 e. The smallest absolute Gasteiger partial charge is 0.305 e. The van der Waals surface area contributed by atoms with Crippen molar-refractivity contribution in [3.63, 3.8) is 0 Å². The molecule has 1 aromatic rings. The number of hydrogen-bond acceptors (Lipinski definition) is 7. The first-order valence-corrected chi connectivity index (χ1v) is 8.59. The fourth-order valence-corrected chi connectivity index (χ4v) is 4.06. The SMILES string of the molecule is CC(=O)OC(OC(C)=O)[C@]12C=C[C@@H](O1)[C@H]1C(=O)N(c3ccc(F)cc3)C(=O)[C@@H]12. The second-order valence-electron chi connectivity index (χ2n) is 6.84. The molecule has 28 heavy (non-hydrogen) atoms. The molecule has 0 spiro atoms. The summed E-state index contributed by atoms with van der Waals surface area (Å²) in [5, 5.41) is 0. The number of rotatable bonds is 4. The van der Waals surface area contributed by atoms with Crippen LogP contribution >= 0.6 is 0 Å². The Morgan fingerprint density at radius 2 is 1.71 bits per heavy atom. The van der Waals surface area contributed by atoms with Crippen LogP contribution in [-0.4, -0.2) is 41.7 Å². The highest BCUT2D eigenvalue weighted by molar-refractivity contribution is 6.23. The molecule has 2 fully saturated rings. The minimum atomic E-state index is -1.60. The number of benzene rings is 1. The molecule has 0 aromatic heterocycles. The summed E-state index contributed by atoms with van der Waals surface area (Å²) < 4.78 is 29.3. The van der Waals surface area contributed by atoms with E-state index in [1.165, 1.54) is 18.2 Å². The summed E-state index contributed by atoms with van der Waals surface area (Å²) in [6.45, 7) is 2.25. The van der Waals surface area contributed by atoms with E-state index in [0.717, 1.165) is 30.9 Å². The molecule has 4 rings (SSSR count). The van der Waals surface area contributed by atoms with Crippen LogP contribution in [0.2, 0.25) is 0 Å². The highest BCUT2D eigenvalue weighted by atomic mass is 19.1. The van der Waals surface area contributed by atoms with Crippen molar-refractivity contribution >= 4 is 29.4 Å². The summed E-state index contributed by atoms with van der Waals surface area (Å²) in [5.74, 6) is -5.01. The average Bonchev–Trinajstić information content (AvgIpc) is 3.26. The Bertz CT molecular complexity index is 895. The van der Waals surface area contributed by atoms with Crippen molar-refractivity contribution in [2.75, 3.05) is 4.90 Å². The molecule has 2 bridgehead atoms. The molecule has 2 saturated heterocycles. The molecule has 2 amide bonds. The Kier molecular flexibility index (Phi) is 4.07. The third-order valence-corrected chi connectivity index (χ3v) is 5.08. The lowest BCUT2D eigenvalue weighted by molar-refractivity contribution is -0.226. The highest BCUT2D eigenvalue weighted by Gasteiger charge is 2.72. The van der Waals surface area contributed by atoms with Gasteiger partial charge in [-0.05, 0) is 30.3 Å². The van der Waals surface area contributed by atoms with Crippen LogP contribution in [0.1, 0.15) is 13.8 Å². The molecule has 3 aliphatic rings. The lowest BCUT2D eigenvalue weighted by atomic mass is 9.76. The van der Waals surface area contributed by atoms with Crippen molar-refractivity contribution < 1.29 is 37.8 Å². The molecule has 3 aliphatic heterocycles. The molecule has 9 heteroatoms. The van der Waals surface area contributed by atoms with Gasteiger partial charge in [0, 0.05) is 13.8 Å². The number of amides is 2. The zero-order valence-corrected chi connectivity index (χ0v) is 15.0. The summed E-state index contributed by atoms with van der Waals surface area (Å²) in [6.07, 6.45) is 0.819. The van der Waals surface area contributed by atoms with Gasteiger partial charge in [-0.1, -0.05) is 6.08 Å². The molecular weight excluding hydrogens is 373 g/mol. The highest BCUT2D eigenvalue weighted by Crippen LogP contribution is 2.54. The van der Waals surface area contributed by atoms with Crippen LogP contribution in [0.4, 0.5) is 10.1 Å². The minimum absolute atomic E-state index is 0.219. The predicted octanol–water partition coefficient (Wildman–Crippen LogP) is 1.09. The van der Waals surface area contributed by atoms with E-state index in [1.807, 2.05) is 0 Å². The molecule has 4 atom stereocenters. The van der Waals surface area contributed by atoms with Gasteiger partial charge in [0.2, 0.25) is 11.8 Å². The minimum Gasteiger partial charge on any atom is -0.422 e. The van der Waals surface area contributed by atoms with Gasteiger partial charge >= 0.3 is 11.9 Å². The van der Waals surface area contributed by atoms with Crippen LogP contribution in [-0.2, 0) is 33.4 Å². The number of carbonyl (C=O) groups is 4. The van der Waals surface area contributed by atoms with Crippen molar-refractivity contribution in [3.05, 3.63) is 42.2 Å². The summed E-state index contributed by atoms with van der Waals surface area (Å²) in [4.78, 5) is 50.2. The van der Waals surface area contributed by atoms with E-state index in [0.29, 0.717) is 0 Å². The summed E-state index contributed by atoms with van der Waals surface area (Å²) in [5.41, 5.74) is -1.38. The van der Waals surface area contributed by atoms with Crippen LogP contribution in [0, 0.1) is 17.7 Å². The number of halogens is 1. The molecule has 8 nitrogen and oxygen atoms in total. The van der Waals surface area contributed by atoms with Gasteiger partial charge in [0.1, 0.15) is 5.82 Å². The third kappa shape index (κ3) is 2.54. The maximum absolute atomic E-state index is 13.2. The number of imide groups is 1. The number of anilines is 1. The van der Waals surface area contributed by atoms with Gasteiger partial charge in [0.05, 0.1) is 23.6 Å². The van der Waals surface area contributed by atoms with E-state index < -0.39 is 59.4 Å². The average molecular weight is 389 g/mol. The van der Waals surface area contributed by atoms with Gasteiger partial charge in [0.15, 0.2) is 5.60 Å². The summed E-state index contributed by atoms with van der Waals surface area (Å²) in [6, 6.07) is 4.93. The molecule has 0 saturated carbocycles. The van der Waals surface area contributed by atoms with E-state index in [4.69, 9.17) is 14.2 Å². The number of carbonyl (C=O) groups excluding carboxylic acids is 4. The molecule has 3 heterocycles. The topological polar surface area (TPSA) is 99.2 Å². The Labute approximate surface area is 158 Å². The molecule has 0 N–H and O–H groups in total. The number of ether oxygens (including phenoxy) is 3. The molecule has 1 aromatic carbocycles. The Morgan fingerprint density at radius 1 is 1.11 bits per heavy atom. The summed E-state index contributed by atoms with van der Waals surface area (Å²) in [7, 11) is 0. The number of esters is 2. The van der Waals surface area contributed by atoms with E-state index in [-0.39, 0.29) is 5.69 Å². The van der Waals surface area contributed by atoms with Gasteiger partial charge in [0.25, 0.3) is 6.29 Å². The Morgan fingerprint density at radius 3 is 2.29 bits per heavy atom. The molecular formula is C19H16FNO7. The first-order chi connectivity index (χ1) is 13.2. The van der Waals surface area contributed by atoms with Gasteiger partial charge < -0.3 is 14.2 Å². The second-order valence-corrected chi connectivity index (χ2v) is 6.84. The largest absolute Gasteiger partial charge is 0.422 e. The second kappa shape index (κ2) is 6.23. The maximum atomic E-state index is 13.2. The van der Waals surface area contributed by atoms with Crippen molar-refractivity contribution in [3.8, 4) is 0 Å². The van der Waals surface area contributed by atoms with Crippen molar-refractivity contribution in [1.82, 2.24) is 0 Å². The molecule has 0 aliphatic carbocycles. The number of fused-ring (bicyclic) bond motifs is 5. The van der Waals surface area contributed by atoms with Gasteiger partial charge in [-0.25, -0.2) is 9.29 Å². The summed E-state index contributed by atoms with van der Waals surface area (Å²) >= 11 is 0. The monoisotopic (exact) mass is 389 g/mol. The quantitative estimate of drug-likeness (QED) is 0.329. The van der Waals surface area contributed by atoms with Crippen LogP contribution < -0.4 is 4.90 Å². The molecule has 0 radical (unpaired) electrons. The number of hydrogen-bond donors (Lipinski definition) is 0. The van der Waals surface area contributed by atoms with E-state index in [2.05, 4.69) is 0 Å². The zero-order chi connectivity index (χ0) is 20.2.